The van der Waals surface area contributed by atoms with Crippen LogP contribution in [-0.2, 0) is 4.84 Å². The van der Waals surface area contributed by atoms with Gasteiger partial charge < -0.3 is 5.11 Å². The van der Waals surface area contributed by atoms with Crippen LogP contribution in [0.5, 0.6) is 0 Å². The summed E-state index contributed by atoms with van der Waals surface area (Å²) in [5.41, 5.74) is -0.131. The van der Waals surface area contributed by atoms with Gasteiger partial charge >= 0.3 is 0 Å². The smallest absolute Gasteiger partial charge is 0.0795 e. The molecule has 1 heterocycles. The van der Waals surface area contributed by atoms with E-state index in [1.807, 2.05) is 0 Å². The van der Waals surface area contributed by atoms with Crippen LogP contribution in [0.1, 0.15) is 53.4 Å². The molecule has 0 spiro atoms. The third kappa shape index (κ3) is 2.35. The molecule has 3 nitrogen and oxygen atoms in total. The Balaban J connectivity index is 2.13. The summed E-state index contributed by atoms with van der Waals surface area (Å²) in [6, 6.07) is 0. The zero-order valence-electron chi connectivity index (χ0n) is 10.3. The molecule has 88 valence electrons. The number of hydrogen-bond donors (Lipinski definition) is 1. The van der Waals surface area contributed by atoms with Crippen molar-refractivity contribution in [3.8, 4) is 0 Å². The molecule has 1 aliphatic heterocycles. The molecule has 15 heavy (non-hydrogen) atoms. The SMILES string of the molecule is CC1(C)CC(O)CC(C)(C)N1OC1CC1. The summed E-state index contributed by atoms with van der Waals surface area (Å²) in [6.07, 6.45) is 4.19. The second-order valence-corrected chi connectivity index (χ2v) is 6.29. The third-order valence-electron chi connectivity index (χ3n) is 3.35. The highest BCUT2D eigenvalue weighted by atomic mass is 16.7. The molecule has 1 aliphatic carbocycles. The molecular weight excluding hydrogens is 190 g/mol. The van der Waals surface area contributed by atoms with Crippen molar-refractivity contribution in [3.63, 3.8) is 0 Å². The average molecular weight is 213 g/mol. The molecule has 0 aromatic rings. The van der Waals surface area contributed by atoms with Crippen LogP contribution < -0.4 is 0 Å². The molecule has 2 fully saturated rings. The maximum absolute atomic E-state index is 9.87. The van der Waals surface area contributed by atoms with Gasteiger partial charge in [0.05, 0.1) is 12.2 Å². The lowest BCUT2D eigenvalue weighted by Gasteiger charge is -2.52. The Bertz CT molecular complexity index is 228. The van der Waals surface area contributed by atoms with Gasteiger partial charge in [-0.25, -0.2) is 0 Å². The summed E-state index contributed by atoms with van der Waals surface area (Å²) in [5, 5.41) is 12.0. The molecule has 0 aromatic carbocycles. The molecule has 0 radical (unpaired) electrons. The molecule has 0 unspecified atom stereocenters. The van der Waals surface area contributed by atoms with Gasteiger partial charge in [-0.1, -0.05) is 0 Å². The van der Waals surface area contributed by atoms with E-state index in [4.69, 9.17) is 4.84 Å². The number of hydroxylamine groups is 2. The predicted molar refractivity (Wildman–Crippen MR) is 59.3 cm³/mol. The summed E-state index contributed by atoms with van der Waals surface area (Å²) >= 11 is 0. The summed E-state index contributed by atoms with van der Waals surface area (Å²) in [6.45, 7) is 8.61. The van der Waals surface area contributed by atoms with Gasteiger partial charge in [-0.05, 0) is 53.4 Å². The van der Waals surface area contributed by atoms with Gasteiger partial charge in [0, 0.05) is 11.1 Å². The molecule has 0 amide bonds. The summed E-state index contributed by atoms with van der Waals surface area (Å²) < 4.78 is 0. The maximum Gasteiger partial charge on any atom is 0.0795 e. The first-order valence-electron chi connectivity index (χ1n) is 5.96. The lowest BCUT2D eigenvalue weighted by atomic mass is 9.80. The normalized spacial score (nSPS) is 31.8. The molecular formula is C12H23NO2. The van der Waals surface area contributed by atoms with Gasteiger partial charge in [0.25, 0.3) is 0 Å². The van der Waals surface area contributed by atoms with Gasteiger partial charge in [-0.15, -0.1) is 0 Å². The highest BCUT2D eigenvalue weighted by Crippen LogP contribution is 2.41. The summed E-state index contributed by atoms with van der Waals surface area (Å²) in [4.78, 5) is 6.00. The van der Waals surface area contributed by atoms with Crippen molar-refractivity contribution in [1.29, 1.82) is 0 Å². The Morgan fingerprint density at radius 2 is 1.53 bits per heavy atom. The van der Waals surface area contributed by atoms with Crippen LogP contribution in [0.25, 0.3) is 0 Å². The molecule has 0 aromatic heterocycles. The minimum atomic E-state index is -0.200. The van der Waals surface area contributed by atoms with Crippen molar-refractivity contribution in [2.24, 2.45) is 0 Å². The second kappa shape index (κ2) is 3.44. The minimum Gasteiger partial charge on any atom is -0.393 e. The van der Waals surface area contributed by atoms with E-state index < -0.39 is 0 Å². The number of aliphatic hydroxyl groups is 1. The zero-order valence-corrected chi connectivity index (χ0v) is 10.3. The topological polar surface area (TPSA) is 32.7 Å². The number of piperidine rings is 1. The molecule has 0 atom stereocenters. The highest BCUT2D eigenvalue weighted by molar-refractivity contribution is 4.97. The van der Waals surface area contributed by atoms with Crippen LogP contribution >= 0.6 is 0 Å². The van der Waals surface area contributed by atoms with Gasteiger partial charge in [0.15, 0.2) is 0 Å². The molecule has 2 rings (SSSR count). The second-order valence-electron chi connectivity index (χ2n) is 6.29. The first kappa shape index (κ1) is 11.4. The van der Waals surface area contributed by atoms with Crippen molar-refractivity contribution in [2.75, 3.05) is 0 Å². The molecule has 2 aliphatic rings. The summed E-state index contributed by atoms with van der Waals surface area (Å²) in [7, 11) is 0. The number of nitrogens with zero attached hydrogens (tertiary/aromatic N) is 1. The van der Waals surface area contributed by atoms with E-state index in [1.165, 1.54) is 12.8 Å². The predicted octanol–water partition coefficient (Wildman–Crippen LogP) is 2.09. The first-order valence-corrected chi connectivity index (χ1v) is 5.96. The van der Waals surface area contributed by atoms with Crippen LogP contribution in [0.15, 0.2) is 0 Å². The van der Waals surface area contributed by atoms with Crippen molar-refractivity contribution in [3.05, 3.63) is 0 Å². The Hall–Kier alpha value is -0.120. The Morgan fingerprint density at radius 1 is 1.07 bits per heavy atom. The average Bonchev–Trinajstić information content (AvgIpc) is 2.76. The molecule has 3 heteroatoms. The highest BCUT2D eigenvalue weighted by Gasteiger charge is 2.47. The van der Waals surface area contributed by atoms with E-state index >= 15 is 0 Å². The lowest BCUT2D eigenvalue weighted by Crippen LogP contribution is -2.61. The minimum absolute atomic E-state index is 0.0657. The van der Waals surface area contributed by atoms with Crippen LogP contribution in [0.2, 0.25) is 0 Å². The van der Waals surface area contributed by atoms with Crippen LogP contribution in [-0.4, -0.2) is 33.5 Å². The quantitative estimate of drug-likeness (QED) is 0.762. The molecule has 1 N–H and O–H groups in total. The fraction of sp³-hybridized carbons (Fsp3) is 1.00. The van der Waals surface area contributed by atoms with E-state index in [9.17, 15) is 5.11 Å². The fourth-order valence-corrected chi connectivity index (χ4v) is 2.82. The largest absolute Gasteiger partial charge is 0.393 e. The monoisotopic (exact) mass is 213 g/mol. The first-order chi connectivity index (χ1) is 6.81. The lowest BCUT2D eigenvalue weighted by molar-refractivity contribution is -0.298. The van der Waals surface area contributed by atoms with Gasteiger partial charge in [0.2, 0.25) is 0 Å². The van der Waals surface area contributed by atoms with E-state index in [0.717, 1.165) is 12.8 Å². The van der Waals surface area contributed by atoms with Crippen molar-refractivity contribution in [2.45, 2.75) is 76.7 Å². The standard InChI is InChI=1S/C12H23NO2/c1-11(2)7-9(14)8-12(3,4)13(11)15-10-5-6-10/h9-10,14H,5-8H2,1-4H3. The molecule has 1 saturated carbocycles. The van der Waals surface area contributed by atoms with Crippen LogP contribution in [0, 0.1) is 0 Å². The van der Waals surface area contributed by atoms with Crippen molar-refractivity contribution < 1.29 is 9.94 Å². The fourth-order valence-electron chi connectivity index (χ4n) is 2.82. The van der Waals surface area contributed by atoms with Gasteiger partial charge in [-0.2, -0.15) is 5.06 Å². The number of aliphatic hydroxyl groups excluding tert-OH is 1. The van der Waals surface area contributed by atoms with Crippen molar-refractivity contribution >= 4 is 0 Å². The Labute approximate surface area is 92.4 Å². The van der Waals surface area contributed by atoms with Gasteiger partial charge in [0.1, 0.15) is 0 Å². The van der Waals surface area contributed by atoms with E-state index in [2.05, 4.69) is 32.8 Å². The Morgan fingerprint density at radius 3 is 1.93 bits per heavy atom. The summed E-state index contributed by atoms with van der Waals surface area (Å²) in [5.74, 6) is 0. The van der Waals surface area contributed by atoms with E-state index in [1.54, 1.807) is 0 Å². The number of hydrogen-bond acceptors (Lipinski definition) is 3. The third-order valence-corrected chi connectivity index (χ3v) is 3.35. The van der Waals surface area contributed by atoms with E-state index in [-0.39, 0.29) is 17.2 Å². The van der Waals surface area contributed by atoms with Gasteiger partial charge in [-0.3, -0.25) is 4.84 Å². The molecule has 0 bridgehead atoms. The zero-order chi connectivity index (χ0) is 11.3. The van der Waals surface area contributed by atoms with Crippen molar-refractivity contribution in [1.82, 2.24) is 5.06 Å². The molecule has 1 saturated heterocycles. The number of rotatable bonds is 2. The van der Waals surface area contributed by atoms with E-state index in [0.29, 0.717) is 6.10 Å². The maximum atomic E-state index is 9.87. The Kier molecular flexibility index (Phi) is 2.61. The van der Waals surface area contributed by atoms with Crippen LogP contribution in [0.3, 0.4) is 0 Å². The van der Waals surface area contributed by atoms with Crippen LogP contribution in [0.4, 0.5) is 0 Å².